The van der Waals surface area contributed by atoms with Crippen LogP contribution in [0.5, 0.6) is 5.75 Å². The number of benzene rings is 1. The molecule has 1 aromatic carbocycles. The Morgan fingerprint density at radius 2 is 2.07 bits per heavy atom. The van der Waals surface area contributed by atoms with Crippen molar-refractivity contribution in [3.8, 4) is 5.75 Å². The quantitative estimate of drug-likeness (QED) is 0.724. The predicted molar refractivity (Wildman–Crippen MR) is 55.5 cm³/mol. The van der Waals surface area contributed by atoms with Gasteiger partial charge >= 0.3 is 0 Å². The van der Waals surface area contributed by atoms with Crippen molar-refractivity contribution in [2.45, 2.75) is 18.4 Å². The van der Waals surface area contributed by atoms with Crippen molar-refractivity contribution in [1.82, 2.24) is 0 Å². The van der Waals surface area contributed by atoms with Crippen LogP contribution in [0.2, 0.25) is 0 Å². The zero-order valence-electron chi connectivity index (χ0n) is 8.18. The molecule has 0 heterocycles. The predicted octanol–water partition coefficient (Wildman–Crippen LogP) is 2.10. The van der Waals surface area contributed by atoms with E-state index >= 15 is 0 Å². The maximum atomic E-state index is 9.40. The highest BCUT2D eigenvalue weighted by Gasteiger charge is 2.20. The van der Waals surface area contributed by atoms with Crippen LogP contribution >= 0.6 is 0 Å². The lowest BCUT2D eigenvalue weighted by atomic mass is 9.97. The number of rotatable bonds is 2. The number of allylic oxidation sites excluding steroid dienone is 1. The first kappa shape index (κ1) is 9.28. The normalized spacial score (nSPS) is 25.3. The minimum atomic E-state index is -0.301. The van der Waals surface area contributed by atoms with Crippen LogP contribution in [0, 0.1) is 0 Å². The fourth-order valence-electron chi connectivity index (χ4n) is 1.88. The van der Waals surface area contributed by atoms with Gasteiger partial charge in [-0.3, -0.25) is 0 Å². The molecule has 74 valence electrons. The second-order valence-corrected chi connectivity index (χ2v) is 3.54. The van der Waals surface area contributed by atoms with E-state index < -0.39 is 0 Å². The fourth-order valence-corrected chi connectivity index (χ4v) is 1.88. The summed E-state index contributed by atoms with van der Waals surface area (Å²) < 4.78 is 5.28. The van der Waals surface area contributed by atoms with Crippen LogP contribution in [0.4, 0.5) is 0 Å². The molecule has 0 bridgehead atoms. The van der Waals surface area contributed by atoms with Gasteiger partial charge in [-0.2, -0.15) is 0 Å². The summed E-state index contributed by atoms with van der Waals surface area (Å²) >= 11 is 0. The minimum Gasteiger partial charge on any atom is -0.496 e. The summed E-state index contributed by atoms with van der Waals surface area (Å²) in [4.78, 5) is 0. The fraction of sp³-hybridized carbons (Fsp3) is 0.333. The van der Waals surface area contributed by atoms with Gasteiger partial charge in [0.15, 0.2) is 0 Å². The van der Waals surface area contributed by atoms with E-state index in [0.29, 0.717) is 5.92 Å². The molecule has 0 aromatic heterocycles. The molecule has 0 unspecified atom stereocenters. The van der Waals surface area contributed by atoms with Gasteiger partial charge < -0.3 is 9.84 Å². The van der Waals surface area contributed by atoms with Gasteiger partial charge in [0, 0.05) is 11.5 Å². The maximum absolute atomic E-state index is 9.40. The van der Waals surface area contributed by atoms with Crippen LogP contribution in [0.25, 0.3) is 0 Å². The number of para-hydroxylation sites is 1. The van der Waals surface area contributed by atoms with E-state index in [4.69, 9.17) is 4.74 Å². The van der Waals surface area contributed by atoms with E-state index in [1.165, 1.54) is 0 Å². The summed E-state index contributed by atoms with van der Waals surface area (Å²) in [6.07, 6.45) is 4.35. The number of methoxy groups -OCH3 is 1. The van der Waals surface area contributed by atoms with Crippen LogP contribution < -0.4 is 4.74 Å². The van der Waals surface area contributed by atoms with Gasteiger partial charge in [-0.05, 0) is 12.5 Å². The molecule has 0 aliphatic heterocycles. The topological polar surface area (TPSA) is 29.5 Å². The summed E-state index contributed by atoms with van der Waals surface area (Å²) in [5, 5.41) is 9.40. The van der Waals surface area contributed by atoms with Gasteiger partial charge in [0.1, 0.15) is 5.75 Å². The second-order valence-electron chi connectivity index (χ2n) is 3.54. The highest BCUT2D eigenvalue weighted by molar-refractivity contribution is 5.39. The molecule has 2 heteroatoms. The van der Waals surface area contributed by atoms with Crippen LogP contribution in [0.15, 0.2) is 36.4 Å². The highest BCUT2D eigenvalue weighted by Crippen LogP contribution is 2.34. The number of aliphatic hydroxyl groups excluding tert-OH is 1. The molecule has 0 amide bonds. The van der Waals surface area contributed by atoms with Gasteiger partial charge in [0.05, 0.1) is 13.2 Å². The molecule has 2 atom stereocenters. The Hall–Kier alpha value is -1.28. The van der Waals surface area contributed by atoms with Crippen molar-refractivity contribution in [1.29, 1.82) is 0 Å². The molecule has 0 spiro atoms. The van der Waals surface area contributed by atoms with E-state index in [1.807, 2.05) is 36.4 Å². The van der Waals surface area contributed by atoms with E-state index in [-0.39, 0.29) is 6.10 Å². The third-order valence-corrected chi connectivity index (χ3v) is 2.60. The molecule has 14 heavy (non-hydrogen) atoms. The molecule has 1 N–H and O–H groups in total. The third-order valence-electron chi connectivity index (χ3n) is 2.60. The summed E-state index contributed by atoms with van der Waals surface area (Å²) in [6, 6.07) is 7.95. The second kappa shape index (κ2) is 3.84. The van der Waals surface area contributed by atoms with E-state index in [1.54, 1.807) is 7.11 Å². The van der Waals surface area contributed by atoms with Crippen molar-refractivity contribution in [3.63, 3.8) is 0 Å². The molecule has 0 fully saturated rings. The smallest absolute Gasteiger partial charge is 0.122 e. The molecule has 1 aromatic rings. The molecule has 1 aliphatic rings. The van der Waals surface area contributed by atoms with Crippen molar-refractivity contribution < 1.29 is 9.84 Å². The minimum absolute atomic E-state index is 0.293. The standard InChI is InChI=1S/C12H14O2/c1-14-12-5-3-2-4-11(12)9-6-7-10(13)8-9/h2-7,9-10,13H,8H2,1H3/t9-,10-/m0/s1. The molecular formula is C12H14O2. The average Bonchev–Trinajstić information content (AvgIpc) is 2.65. The molecule has 0 radical (unpaired) electrons. The SMILES string of the molecule is COc1ccccc1[C@H]1C=C[C@H](O)C1. The van der Waals surface area contributed by atoms with Gasteiger partial charge in [0.25, 0.3) is 0 Å². The molecule has 2 nitrogen and oxygen atoms in total. The Kier molecular flexibility index (Phi) is 2.55. The van der Waals surface area contributed by atoms with Gasteiger partial charge in [0.2, 0.25) is 0 Å². The lowest BCUT2D eigenvalue weighted by Crippen LogP contribution is -2.02. The first-order chi connectivity index (χ1) is 6.81. The van der Waals surface area contributed by atoms with Crippen molar-refractivity contribution in [3.05, 3.63) is 42.0 Å². The van der Waals surface area contributed by atoms with Crippen molar-refractivity contribution >= 4 is 0 Å². The van der Waals surface area contributed by atoms with Gasteiger partial charge in [-0.15, -0.1) is 0 Å². The van der Waals surface area contributed by atoms with Crippen molar-refractivity contribution in [2.24, 2.45) is 0 Å². The summed E-state index contributed by atoms with van der Waals surface area (Å²) in [7, 11) is 1.67. The molecule has 0 saturated carbocycles. The Balaban J connectivity index is 2.28. The largest absolute Gasteiger partial charge is 0.496 e. The summed E-state index contributed by atoms with van der Waals surface area (Å²) in [5.41, 5.74) is 1.16. The van der Waals surface area contributed by atoms with Gasteiger partial charge in [-0.25, -0.2) is 0 Å². The zero-order chi connectivity index (χ0) is 9.97. The van der Waals surface area contributed by atoms with Crippen molar-refractivity contribution in [2.75, 3.05) is 7.11 Å². The Labute approximate surface area is 83.8 Å². The average molecular weight is 190 g/mol. The van der Waals surface area contributed by atoms with Crippen LogP contribution in [0.1, 0.15) is 17.9 Å². The Morgan fingerprint density at radius 1 is 1.29 bits per heavy atom. The summed E-state index contributed by atoms with van der Waals surface area (Å²) in [6.45, 7) is 0. The van der Waals surface area contributed by atoms with Crippen LogP contribution in [0.3, 0.4) is 0 Å². The van der Waals surface area contributed by atoms with Crippen LogP contribution in [-0.4, -0.2) is 18.3 Å². The number of aliphatic hydroxyl groups is 1. The number of hydrogen-bond acceptors (Lipinski definition) is 2. The first-order valence-electron chi connectivity index (χ1n) is 4.80. The number of hydrogen-bond donors (Lipinski definition) is 1. The molecule has 0 saturated heterocycles. The monoisotopic (exact) mass is 190 g/mol. The maximum Gasteiger partial charge on any atom is 0.122 e. The lowest BCUT2D eigenvalue weighted by Gasteiger charge is -2.13. The summed E-state index contributed by atoms with van der Waals surface area (Å²) in [5.74, 6) is 1.19. The highest BCUT2D eigenvalue weighted by atomic mass is 16.5. The van der Waals surface area contributed by atoms with Crippen LogP contribution in [-0.2, 0) is 0 Å². The third kappa shape index (κ3) is 1.66. The van der Waals surface area contributed by atoms with E-state index in [2.05, 4.69) is 0 Å². The molecule has 2 rings (SSSR count). The first-order valence-corrected chi connectivity index (χ1v) is 4.80. The van der Waals surface area contributed by atoms with E-state index in [9.17, 15) is 5.11 Å². The van der Waals surface area contributed by atoms with Gasteiger partial charge in [-0.1, -0.05) is 30.4 Å². The van der Waals surface area contributed by atoms with E-state index in [0.717, 1.165) is 17.7 Å². The Morgan fingerprint density at radius 3 is 2.71 bits per heavy atom. The molecular weight excluding hydrogens is 176 g/mol. The number of ether oxygens (including phenoxy) is 1. The zero-order valence-corrected chi connectivity index (χ0v) is 8.18. The Bertz CT molecular complexity index is 344. The lowest BCUT2D eigenvalue weighted by molar-refractivity contribution is 0.218. The molecule has 1 aliphatic carbocycles.